The van der Waals surface area contributed by atoms with Crippen molar-refractivity contribution >= 4 is 7.28 Å². The number of benzene rings is 1. The van der Waals surface area contributed by atoms with Crippen molar-refractivity contribution in [2.24, 2.45) is 0 Å². The third kappa shape index (κ3) is 1.68. The van der Waals surface area contributed by atoms with Crippen LogP contribution in [0.2, 0.25) is 0 Å². The molecule has 2 nitrogen and oxygen atoms in total. The summed E-state index contributed by atoms with van der Waals surface area (Å²) in [6.45, 7) is 1.36. The molecule has 0 N–H and O–H groups in total. The standard InChI is InChI=1S/C9H10BO2/c1-2-4-8(5-3-1)9-11-6-10-7-12-9/h1-5,9H,6-7H2. The molecule has 1 saturated heterocycles. The molecule has 0 spiro atoms. The summed E-state index contributed by atoms with van der Waals surface area (Å²) >= 11 is 0. The molecule has 2 rings (SSSR count). The summed E-state index contributed by atoms with van der Waals surface area (Å²) in [6, 6.07) is 9.98. The molecule has 1 fully saturated rings. The summed E-state index contributed by atoms with van der Waals surface area (Å²) in [5, 5.41) is 0. The van der Waals surface area contributed by atoms with Gasteiger partial charge in [0.05, 0.1) is 0 Å². The highest BCUT2D eigenvalue weighted by atomic mass is 16.7. The maximum absolute atomic E-state index is 5.39. The van der Waals surface area contributed by atoms with E-state index in [9.17, 15) is 0 Å². The molecule has 0 aliphatic carbocycles. The van der Waals surface area contributed by atoms with Crippen molar-refractivity contribution < 1.29 is 9.47 Å². The zero-order chi connectivity index (χ0) is 8.23. The van der Waals surface area contributed by atoms with Crippen molar-refractivity contribution in [1.82, 2.24) is 0 Å². The summed E-state index contributed by atoms with van der Waals surface area (Å²) in [5.41, 5.74) is 1.09. The highest BCUT2D eigenvalue weighted by Gasteiger charge is 2.15. The first-order valence-corrected chi connectivity index (χ1v) is 4.06. The molecule has 0 aromatic heterocycles. The number of hydrogen-bond donors (Lipinski definition) is 0. The Labute approximate surface area is 72.7 Å². The van der Waals surface area contributed by atoms with E-state index in [0.717, 1.165) is 5.56 Å². The summed E-state index contributed by atoms with van der Waals surface area (Å²) in [6.07, 6.45) is -0.170. The molecular weight excluding hydrogens is 151 g/mol. The molecule has 1 aromatic carbocycles. The Morgan fingerprint density at radius 3 is 2.42 bits per heavy atom. The Bertz CT molecular complexity index is 232. The fourth-order valence-electron chi connectivity index (χ4n) is 1.21. The third-order valence-corrected chi connectivity index (χ3v) is 1.80. The average molecular weight is 161 g/mol. The Balaban J connectivity index is 2.08. The summed E-state index contributed by atoms with van der Waals surface area (Å²) < 4.78 is 10.8. The van der Waals surface area contributed by atoms with Gasteiger partial charge in [0.15, 0.2) is 13.6 Å². The minimum Gasteiger partial charge on any atom is -0.357 e. The SMILES string of the molecule is [B]1COC(c2ccccc2)OC1. The van der Waals surface area contributed by atoms with Gasteiger partial charge in [-0.15, -0.1) is 0 Å². The molecule has 61 valence electrons. The van der Waals surface area contributed by atoms with Crippen LogP contribution < -0.4 is 0 Å². The first-order chi connectivity index (χ1) is 5.97. The molecule has 0 amide bonds. The van der Waals surface area contributed by atoms with Gasteiger partial charge in [-0.2, -0.15) is 0 Å². The fraction of sp³-hybridized carbons (Fsp3) is 0.333. The fourth-order valence-corrected chi connectivity index (χ4v) is 1.21. The molecule has 1 aliphatic heterocycles. The zero-order valence-corrected chi connectivity index (χ0v) is 6.77. The minimum absolute atomic E-state index is 0.170. The van der Waals surface area contributed by atoms with Crippen LogP contribution in [0.15, 0.2) is 30.3 Å². The van der Waals surface area contributed by atoms with E-state index < -0.39 is 0 Å². The molecule has 1 radical (unpaired) electrons. The molecule has 3 heteroatoms. The lowest BCUT2D eigenvalue weighted by molar-refractivity contribution is -0.136. The van der Waals surface area contributed by atoms with E-state index in [1.165, 1.54) is 0 Å². The van der Waals surface area contributed by atoms with Crippen LogP contribution >= 0.6 is 0 Å². The van der Waals surface area contributed by atoms with Gasteiger partial charge in [-0.3, -0.25) is 0 Å². The summed E-state index contributed by atoms with van der Waals surface area (Å²) in [5.74, 6) is 0. The van der Waals surface area contributed by atoms with Gasteiger partial charge in [0.2, 0.25) is 0 Å². The van der Waals surface area contributed by atoms with Crippen LogP contribution in [0, 0.1) is 0 Å². The Kier molecular flexibility index (Phi) is 2.44. The molecule has 1 heterocycles. The van der Waals surface area contributed by atoms with Crippen LogP contribution in [-0.2, 0) is 9.47 Å². The smallest absolute Gasteiger partial charge is 0.182 e. The van der Waals surface area contributed by atoms with Crippen LogP contribution in [-0.4, -0.2) is 20.3 Å². The zero-order valence-electron chi connectivity index (χ0n) is 6.77. The quantitative estimate of drug-likeness (QED) is 0.578. The van der Waals surface area contributed by atoms with Crippen LogP contribution in [0.3, 0.4) is 0 Å². The number of hydrogen-bond acceptors (Lipinski definition) is 2. The lowest BCUT2D eigenvalue weighted by Crippen LogP contribution is -2.24. The first kappa shape index (κ1) is 7.83. The van der Waals surface area contributed by atoms with Crippen LogP contribution in [0.1, 0.15) is 11.9 Å². The first-order valence-electron chi connectivity index (χ1n) is 4.06. The largest absolute Gasteiger partial charge is 0.357 e. The van der Waals surface area contributed by atoms with Gasteiger partial charge in [0.1, 0.15) is 0 Å². The molecular formula is C9H10BO2. The van der Waals surface area contributed by atoms with Crippen molar-refractivity contribution in [1.29, 1.82) is 0 Å². The van der Waals surface area contributed by atoms with E-state index in [2.05, 4.69) is 0 Å². The predicted octanol–water partition coefficient (Wildman–Crippen LogP) is 1.35. The second-order valence-corrected chi connectivity index (χ2v) is 2.70. The van der Waals surface area contributed by atoms with Crippen LogP contribution in [0.25, 0.3) is 0 Å². The van der Waals surface area contributed by atoms with Gasteiger partial charge >= 0.3 is 0 Å². The van der Waals surface area contributed by atoms with E-state index in [1.807, 2.05) is 37.6 Å². The van der Waals surface area contributed by atoms with Gasteiger partial charge in [-0.1, -0.05) is 30.3 Å². The van der Waals surface area contributed by atoms with Crippen molar-refractivity contribution in [3.8, 4) is 0 Å². The normalized spacial score (nSPS) is 18.7. The Morgan fingerprint density at radius 1 is 1.08 bits per heavy atom. The number of ether oxygens (including phenoxy) is 2. The molecule has 1 aliphatic rings. The van der Waals surface area contributed by atoms with E-state index in [-0.39, 0.29) is 6.29 Å². The van der Waals surface area contributed by atoms with Crippen molar-refractivity contribution in [3.05, 3.63) is 35.9 Å². The monoisotopic (exact) mass is 161 g/mol. The molecule has 0 saturated carbocycles. The second-order valence-electron chi connectivity index (χ2n) is 2.70. The van der Waals surface area contributed by atoms with Crippen LogP contribution in [0.5, 0.6) is 0 Å². The highest BCUT2D eigenvalue weighted by Crippen LogP contribution is 2.19. The molecule has 0 atom stereocenters. The van der Waals surface area contributed by atoms with Crippen molar-refractivity contribution in [2.45, 2.75) is 6.29 Å². The maximum Gasteiger partial charge on any atom is 0.182 e. The Hall–Kier alpha value is -0.795. The molecule has 0 bridgehead atoms. The van der Waals surface area contributed by atoms with Gasteiger partial charge in [-0.05, 0) is 0 Å². The van der Waals surface area contributed by atoms with E-state index in [4.69, 9.17) is 9.47 Å². The third-order valence-electron chi connectivity index (χ3n) is 1.80. The average Bonchev–Trinajstić information content (AvgIpc) is 2.21. The summed E-state index contributed by atoms with van der Waals surface area (Å²) in [7, 11) is 1.97. The van der Waals surface area contributed by atoms with E-state index in [1.54, 1.807) is 0 Å². The van der Waals surface area contributed by atoms with Gasteiger partial charge in [0, 0.05) is 18.6 Å². The topological polar surface area (TPSA) is 18.5 Å². The van der Waals surface area contributed by atoms with Crippen LogP contribution in [0.4, 0.5) is 0 Å². The molecule has 0 unspecified atom stereocenters. The lowest BCUT2D eigenvalue weighted by atomic mass is 9.81. The minimum atomic E-state index is -0.170. The van der Waals surface area contributed by atoms with Crippen molar-refractivity contribution in [2.75, 3.05) is 13.0 Å². The van der Waals surface area contributed by atoms with Gasteiger partial charge in [-0.25, -0.2) is 0 Å². The van der Waals surface area contributed by atoms with Gasteiger partial charge < -0.3 is 9.47 Å². The molecule has 1 aromatic rings. The Morgan fingerprint density at radius 2 is 1.75 bits per heavy atom. The van der Waals surface area contributed by atoms with Crippen molar-refractivity contribution in [3.63, 3.8) is 0 Å². The molecule has 12 heavy (non-hydrogen) atoms. The highest BCUT2D eigenvalue weighted by molar-refractivity contribution is 6.35. The second kappa shape index (κ2) is 3.74. The van der Waals surface area contributed by atoms with E-state index >= 15 is 0 Å². The van der Waals surface area contributed by atoms with E-state index in [0.29, 0.717) is 13.0 Å². The summed E-state index contributed by atoms with van der Waals surface area (Å²) in [4.78, 5) is 0. The van der Waals surface area contributed by atoms with Gasteiger partial charge in [0.25, 0.3) is 0 Å². The maximum atomic E-state index is 5.39. The number of rotatable bonds is 1. The lowest BCUT2D eigenvalue weighted by Gasteiger charge is -2.22. The predicted molar refractivity (Wildman–Crippen MR) is 46.8 cm³/mol.